The molecule has 2 nitrogen and oxygen atoms in total. The zero-order valence-electron chi connectivity index (χ0n) is 9.00. The van der Waals surface area contributed by atoms with Crippen LogP contribution in [0.5, 0.6) is 0 Å². The lowest BCUT2D eigenvalue weighted by Gasteiger charge is -2.33. The summed E-state index contributed by atoms with van der Waals surface area (Å²) in [6.45, 7) is 6.88. The molecule has 0 unspecified atom stereocenters. The van der Waals surface area contributed by atoms with Crippen LogP contribution >= 0.6 is 27.3 Å². The Bertz CT molecular complexity index is 307. The molecule has 0 aliphatic carbocycles. The quantitative estimate of drug-likeness (QED) is 0.920. The van der Waals surface area contributed by atoms with Gasteiger partial charge in [0.05, 0.1) is 0 Å². The number of piperazine rings is 1. The Hall–Kier alpha value is 0.1000. The van der Waals surface area contributed by atoms with E-state index in [9.17, 15) is 0 Å². The van der Waals surface area contributed by atoms with Crippen LogP contribution in [-0.2, 0) is 0 Å². The molecule has 1 aromatic rings. The molecule has 4 heteroatoms. The minimum Gasteiger partial charge on any atom is -0.314 e. The molecule has 1 aromatic heterocycles. The van der Waals surface area contributed by atoms with Gasteiger partial charge in [-0.15, -0.1) is 11.3 Å². The molecule has 0 radical (unpaired) electrons. The molecule has 0 saturated carbocycles. The summed E-state index contributed by atoms with van der Waals surface area (Å²) >= 11 is 5.40. The van der Waals surface area contributed by atoms with Crippen LogP contribution in [0.4, 0.5) is 0 Å². The standard InChI is InChI=1S/C11H17BrN2S/c1-2-10(11-7-9(12)8-15-11)14-5-3-13-4-6-14/h7-8,10,13H,2-6H2,1H3/t10-/m1/s1. The van der Waals surface area contributed by atoms with Crippen LogP contribution in [-0.4, -0.2) is 31.1 Å². The molecule has 1 atom stereocenters. The van der Waals surface area contributed by atoms with E-state index in [-0.39, 0.29) is 0 Å². The van der Waals surface area contributed by atoms with Crippen molar-refractivity contribution in [1.82, 2.24) is 10.2 Å². The van der Waals surface area contributed by atoms with Gasteiger partial charge in [0.2, 0.25) is 0 Å². The van der Waals surface area contributed by atoms with Crippen molar-refractivity contribution in [3.63, 3.8) is 0 Å². The Labute approximate surface area is 104 Å². The summed E-state index contributed by atoms with van der Waals surface area (Å²) in [5, 5.41) is 5.58. The first-order chi connectivity index (χ1) is 7.31. The van der Waals surface area contributed by atoms with Crippen molar-refractivity contribution < 1.29 is 0 Å². The minimum atomic E-state index is 0.614. The molecule has 2 heterocycles. The second-order valence-electron chi connectivity index (χ2n) is 3.88. The summed E-state index contributed by atoms with van der Waals surface area (Å²) in [4.78, 5) is 4.08. The zero-order valence-corrected chi connectivity index (χ0v) is 11.4. The molecule has 1 aliphatic heterocycles. The van der Waals surface area contributed by atoms with E-state index in [1.54, 1.807) is 0 Å². The van der Waals surface area contributed by atoms with Gasteiger partial charge < -0.3 is 5.32 Å². The molecule has 0 amide bonds. The van der Waals surface area contributed by atoms with Crippen LogP contribution in [0, 0.1) is 0 Å². The highest BCUT2D eigenvalue weighted by atomic mass is 79.9. The Morgan fingerprint density at radius 1 is 1.53 bits per heavy atom. The van der Waals surface area contributed by atoms with Gasteiger partial charge in [0.25, 0.3) is 0 Å². The lowest BCUT2D eigenvalue weighted by Crippen LogP contribution is -2.44. The van der Waals surface area contributed by atoms with Gasteiger partial charge in [-0.05, 0) is 28.4 Å². The van der Waals surface area contributed by atoms with Crippen LogP contribution in [0.2, 0.25) is 0 Å². The van der Waals surface area contributed by atoms with E-state index in [0.717, 1.165) is 13.1 Å². The average Bonchev–Trinajstić information content (AvgIpc) is 2.68. The van der Waals surface area contributed by atoms with Crippen molar-refractivity contribution in [2.24, 2.45) is 0 Å². The molecule has 0 bridgehead atoms. The van der Waals surface area contributed by atoms with Crippen LogP contribution in [0.3, 0.4) is 0 Å². The van der Waals surface area contributed by atoms with E-state index in [0.29, 0.717) is 6.04 Å². The fourth-order valence-corrected chi connectivity index (χ4v) is 3.80. The fraction of sp³-hybridized carbons (Fsp3) is 0.636. The summed E-state index contributed by atoms with van der Waals surface area (Å²) in [6.07, 6.45) is 1.20. The fourth-order valence-electron chi connectivity index (χ4n) is 2.14. The highest BCUT2D eigenvalue weighted by molar-refractivity contribution is 9.10. The predicted molar refractivity (Wildman–Crippen MR) is 69.5 cm³/mol. The lowest BCUT2D eigenvalue weighted by molar-refractivity contribution is 0.172. The third-order valence-corrected chi connectivity index (χ3v) is 4.69. The van der Waals surface area contributed by atoms with Crippen molar-refractivity contribution >= 4 is 27.3 Å². The van der Waals surface area contributed by atoms with Gasteiger partial charge in [-0.25, -0.2) is 0 Å². The highest BCUT2D eigenvalue weighted by Crippen LogP contribution is 2.31. The number of hydrogen-bond donors (Lipinski definition) is 1. The van der Waals surface area contributed by atoms with Crippen LogP contribution < -0.4 is 5.32 Å². The molecule has 1 aliphatic rings. The molecule has 1 saturated heterocycles. The summed E-state index contributed by atoms with van der Waals surface area (Å²) in [5.41, 5.74) is 0. The first-order valence-electron chi connectivity index (χ1n) is 5.50. The van der Waals surface area contributed by atoms with E-state index < -0.39 is 0 Å². The third-order valence-electron chi connectivity index (χ3n) is 2.90. The molecule has 84 valence electrons. The Kier molecular flexibility index (Phi) is 4.20. The summed E-state index contributed by atoms with van der Waals surface area (Å²) in [5.74, 6) is 0. The third kappa shape index (κ3) is 2.81. The maximum absolute atomic E-state index is 3.53. The molecular weight excluding hydrogens is 272 g/mol. The number of nitrogens with one attached hydrogen (secondary N) is 1. The van der Waals surface area contributed by atoms with Gasteiger partial charge in [-0.2, -0.15) is 0 Å². The molecule has 1 fully saturated rings. The topological polar surface area (TPSA) is 15.3 Å². The normalized spacial score (nSPS) is 20.4. The minimum absolute atomic E-state index is 0.614. The van der Waals surface area contributed by atoms with Crippen LogP contribution in [0.15, 0.2) is 15.9 Å². The maximum atomic E-state index is 3.53. The second kappa shape index (κ2) is 5.43. The first-order valence-corrected chi connectivity index (χ1v) is 7.17. The maximum Gasteiger partial charge on any atom is 0.0440 e. The number of hydrogen-bond acceptors (Lipinski definition) is 3. The monoisotopic (exact) mass is 288 g/mol. The Balaban J connectivity index is 2.08. The molecular formula is C11H17BrN2S. The van der Waals surface area contributed by atoms with E-state index in [4.69, 9.17) is 0 Å². The second-order valence-corrected chi connectivity index (χ2v) is 5.74. The zero-order chi connectivity index (χ0) is 10.7. The van der Waals surface area contributed by atoms with Gasteiger partial charge in [0.15, 0.2) is 0 Å². The van der Waals surface area contributed by atoms with E-state index in [1.807, 2.05) is 11.3 Å². The number of halogens is 1. The Morgan fingerprint density at radius 2 is 2.27 bits per heavy atom. The van der Waals surface area contributed by atoms with Crippen molar-refractivity contribution in [2.75, 3.05) is 26.2 Å². The van der Waals surface area contributed by atoms with Crippen molar-refractivity contribution in [3.05, 3.63) is 20.8 Å². The molecule has 1 N–H and O–H groups in total. The van der Waals surface area contributed by atoms with E-state index in [2.05, 4.69) is 44.5 Å². The molecule has 0 spiro atoms. The van der Waals surface area contributed by atoms with Gasteiger partial charge in [0.1, 0.15) is 0 Å². The Morgan fingerprint density at radius 3 is 2.80 bits per heavy atom. The van der Waals surface area contributed by atoms with Gasteiger partial charge in [-0.1, -0.05) is 6.92 Å². The van der Waals surface area contributed by atoms with E-state index >= 15 is 0 Å². The van der Waals surface area contributed by atoms with Crippen molar-refractivity contribution in [1.29, 1.82) is 0 Å². The summed E-state index contributed by atoms with van der Waals surface area (Å²) < 4.78 is 1.22. The van der Waals surface area contributed by atoms with Gasteiger partial charge >= 0.3 is 0 Å². The largest absolute Gasteiger partial charge is 0.314 e. The lowest BCUT2D eigenvalue weighted by atomic mass is 10.1. The highest BCUT2D eigenvalue weighted by Gasteiger charge is 2.21. The summed E-state index contributed by atoms with van der Waals surface area (Å²) in [7, 11) is 0. The van der Waals surface area contributed by atoms with Crippen LogP contribution in [0.25, 0.3) is 0 Å². The summed E-state index contributed by atoms with van der Waals surface area (Å²) in [6, 6.07) is 2.88. The molecule has 15 heavy (non-hydrogen) atoms. The van der Waals surface area contributed by atoms with Gasteiger partial charge in [0, 0.05) is 47.0 Å². The van der Waals surface area contributed by atoms with Crippen molar-refractivity contribution in [3.8, 4) is 0 Å². The average molecular weight is 289 g/mol. The molecule has 0 aromatic carbocycles. The smallest absolute Gasteiger partial charge is 0.0440 e. The van der Waals surface area contributed by atoms with Gasteiger partial charge in [-0.3, -0.25) is 4.90 Å². The predicted octanol–water partition coefficient (Wildman–Crippen LogP) is 2.87. The van der Waals surface area contributed by atoms with Crippen molar-refractivity contribution in [2.45, 2.75) is 19.4 Å². The SMILES string of the molecule is CC[C@H](c1cc(Br)cs1)N1CCNCC1. The van der Waals surface area contributed by atoms with E-state index in [1.165, 1.54) is 28.9 Å². The van der Waals surface area contributed by atoms with Crippen LogP contribution in [0.1, 0.15) is 24.3 Å². The molecule has 2 rings (SSSR count). The first kappa shape index (κ1) is 11.6. The number of nitrogens with zero attached hydrogens (tertiary/aromatic N) is 1. The number of rotatable bonds is 3. The number of thiophene rings is 1.